The second kappa shape index (κ2) is 3.80. The first-order valence-electron chi connectivity index (χ1n) is 2.78. The molecule has 3 N–H and O–H groups in total. The van der Waals surface area contributed by atoms with Crippen LogP contribution in [-0.2, 0) is 4.79 Å². The number of hydrogen-bond donors (Lipinski definition) is 2. The minimum atomic E-state index is -0.927. The topological polar surface area (TPSA) is 63.3 Å². The first kappa shape index (κ1) is 8.86. The molecule has 3 unspecified atom stereocenters. The Hall–Kier alpha value is -0.140. The molecule has 0 saturated heterocycles. The highest BCUT2D eigenvalue weighted by atomic mass is 31.0. The van der Waals surface area contributed by atoms with Crippen molar-refractivity contribution in [3.05, 3.63) is 0 Å². The molecule has 0 fully saturated rings. The first-order chi connectivity index (χ1) is 4.04. The SMILES string of the molecule is CC(P)CC(N)C(=O)O. The van der Waals surface area contributed by atoms with Crippen LogP contribution < -0.4 is 5.73 Å². The van der Waals surface area contributed by atoms with E-state index in [-0.39, 0.29) is 5.66 Å². The van der Waals surface area contributed by atoms with E-state index in [2.05, 4.69) is 9.24 Å². The molecule has 0 saturated carbocycles. The molecule has 0 rings (SSSR count). The summed E-state index contributed by atoms with van der Waals surface area (Å²) in [6, 6.07) is -0.711. The number of aliphatic carboxylic acids is 1. The molecule has 0 spiro atoms. The Morgan fingerprint density at radius 2 is 2.33 bits per heavy atom. The molecule has 3 nitrogen and oxygen atoms in total. The minimum Gasteiger partial charge on any atom is -0.480 e. The Kier molecular flexibility index (Phi) is 3.75. The fourth-order valence-electron chi connectivity index (χ4n) is 0.501. The van der Waals surface area contributed by atoms with Gasteiger partial charge in [0.25, 0.3) is 0 Å². The predicted octanol–water partition coefficient (Wildman–Crippen LogP) is 0.0520. The van der Waals surface area contributed by atoms with Crippen LogP contribution in [0, 0.1) is 0 Å². The van der Waals surface area contributed by atoms with Gasteiger partial charge in [-0.05, 0) is 12.1 Å². The molecular weight excluding hydrogens is 137 g/mol. The van der Waals surface area contributed by atoms with Crippen molar-refractivity contribution in [2.75, 3.05) is 0 Å². The molecule has 0 radical (unpaired) electrons. The second-order valence-corrected chi connectivity index (χ2v) is 3.30. The monoisotopic (exact) mass is 149 g/mol. The summed E-state index contributed by atoms with van der Waals surface area (Å²) >= 11 is 0. The first-order valence-corrected chi connectivity index (χ1v) is 3.44. The van der Waals surface area contributed by atoms with E-state index < -0.39 is 12.0 Å². The van der Waals surface area contributed by atoms with Gasteiger partial charge in [0.05, 0.1) is 0 Å². The lowest BCUT2D eigenvalue weighted by atomic mass is 10.2. The standard InChI is InChI=1S/C5H12NO2P/c1-3(9)2-4(6)5(7)8/h3-4H,2,6,9H2,1H3,(H,7,8). The maximum absolute atomic E-state index is 10.1. The lowest BCUT2D eigenvalue weighted by molar-refractivity contribution is -0.138. The van der Waals surface area contributed by atoms with E-state index in [0.29, 0.717) is 6.42 Å². The van der Waals surface area contributed by atoms with Gasteiger partial charge in [-0.2, -0.15) is 0 Å². The zero-order valence-corrected chi connectivity index (χ0v) is 6.53. The lowest BCUT2D eigenvalue weighted by Crippen LogP contribution is -2.31. The van der Waals surface area contributed by atoms with Crippen LogP contribution in [0.5, 0.6) is 0 Å². The normalized spacial score (nSPS) is 16.8. The van der Waals surface area contributed by atoms with E-state index in [4.69, 9.17) is 10.8 Å². The third-order valence-electron chi connectivity index (χ3n) is 0.943. The van der Waals surface area contributed by atoms with Crippen LogP contribution in [0.25, 0.3) is 0 Å². The van der Waals surface area contributed by atoms with Gasteiger partial charge in [-0.25, -0.2) is 0 Å². The van der Waals surface area contributed by atoms with Crippen molar-refractivity contribution in [3.8, 4) is 0 Å². The predicted molar refractivity (Wildman–Crippen MR) is 39.4 cm³/mol. The number of hydrogen-bond acceptors (Lipinski definition) is 2. The van der Waals surface area contributed by atoms with Crippen LogP contribution in [0.4, 0.5) is 0 Å². The zero-order valence-electron chi connectivity index (χ0n) is 5.37. The number of nitrogens with two attached hydrogens (primary N) is 1. The molecule has 0 bridgehead atoms. The van der Waals surface area contributed by atoms with Gasteiger partial charge in [0.1, 0.15) is 6.04 Å². The van der Waals surface area contributed by atoms with Crippen molar-refractivity contribution in [3.63, 3.8) is 0 Å². The molecule has 0 aromatic carbocycles. The van der Waals surface area contributed by atoms with Crippen molar-refractivity contribution in [1.29, 1.82) is 0 Å². The van der Waals surface area contributed by atoms with E-state index in [0.717, 1.165) is 0 Å². The number of carbonyl (C=O) groups is 1. The summed E-state index contributed by atoms with van der Waals surface area (Å²) in [5.41, 5.74) is 5.48. The average Bonchev–Trinajstić information content (AvgIpc) is 1.63. The molecule has 0 amide bonds. The van der Waals surface area contributed by atoms with E-state index in [1.165, 1.54) is 0 Å². The highest BCUT2D eigenvalue weighted by Gasteiger charge is 2.11. The highest BCUT2D eigenvalue weighted by molar-refractivity contribution is 7.17. The smallest absolute Gasteiger partial charge is 0.320 e. The molecule has 0 aliphatic carbocycles. The van der Waals surface area contributed by atoms with Crippen LogP contribution in [-0.4, -0.2) is 22.8 Å². The molecule has 54 valence electrons. The Morgan fingerprint density at radius 3 is 2.44 bits per heavy atom. The van der Waals surface area contributed by atoms with E-state index in [1.807, 2.05) is 6.92 Å². The minimum absolute atomic E-state index is 0.274. The Labute approximate surface area is 56.8 Å². The zero-order chi connectivity index (χ0) is 7.44. The Morgan fingerprint density at radius 1 is 1.89 bits per heavy atom. The third kappa shape index (κ3) is 4.37. The molecule has 3 atom stereocenters. The summed E-state index contributed by atoms with van der Waals surface area (Å²) in [4.78, 5) is 10.1. The third-order valence-corrected chi connectivity index (χ3v) is 1.22. The van der Waals surface area contributed by atoms with Gasteiger partial charge in [0, 0.05) is 0 Å². The van der Waals surface area contributed by atoms with Crippen LogP contribution >= 0.6 is 9.24 Å². The molecule has 9 heavy (non-hydrogen) atoms. The Balaban J connectivity index is 3.50. The van der Waals surface area contributed by atoms with Crippen LogP contribution in [0.15, 0.2) is 0 Å². The highest BCUT2D eigenvalue weighted by Crippen LogP contribution is 2.05. The second-order valence-electron chi connectivity index (χ2n) is 2.16. The molecular formula is C5H12NO2P. The Bertz CT molecular complexity index is 105. The fraction of sp³-hybridized carbons (Fsp3) is 0.800. The van der Waals surface area contributed by atoms with Crippen molar-refractivity contribution >= 4 is 15.2 Å². The van der Waals surface area contributed by atoms with E-state index in [1.54, 1.807) is 0 Å². The molecule has 0 aromatic rings. The van der Waals surface area contributed by atoms with E-state index in [9.17, 15) is 4.79 Å². The number of rotatable bonds is 3. The molecule has 0 aromatic heterocycles. The summed E-state index contributed by atoms with van der Waals surface area (Å²) in [6.07, 6.45) is 0.514. The van der Waals surface area contributed by atoms with Gasteiger partial charge in [-0.15, -0.1) is 9.24 Å². The van der Waals surface area contributed by atoms with Crippen LogP contribution in [0.1, 0.15) is 13.3 Å². The summed E-state index contributed by atoms with van der Waals surface area (Å²) in [6.45, 7) is 1.91. The molecule has 4 heteroatoms. The molecule has 0 heterocycles. The summed E-state index contributed by atoms with van der Waals surface area (Å²) < 4.78 is 0. The average molecular weight is 149 g/mol. The van der Waals surface area contributed by atoms with Gasteiger partial charge in [0.2, 0.25) is 0 Å². The van der Waals surface area contributed by atoms with Crippen molar-refractivity contribution in [1.82, 2.24) is 0 Å². The number of carboxylic acids is 1. The number of carboxylic acid groups (broad SMARTS) is 1. The van der Waals surface area contributed by atoms with Crippen LogP contribution in [0.2, 0.25) is 0 Å². The maximum Gasteiger partial charge on any atom is 0.320 e. The van der Waals surface area contributed by atoms with Gasteiger partial charge in [-0.3, -0.25) is 4.79 Å². The maximum atomic E-state index is 10.1. The van der Waals surface area contributed by atoms with Crippen LogP contribution in [0.3, 0.4) is 0 Å². The quantitative estimate of drug-likeness (QED) is 0.557. The van der Waals surface area contributed by atoms with Gasteiger partial charge in [-0.1, -0.05) is 6.92 Å². The fourth-order valence-corrected chi connectivity index (χ4v) is 0.795. The largest absolute Gasteiger partial charge is 0.480 e. The van der Waals surface area contributed by atoms with E-state index >= 15 is 0 Å². The molecule has 0 aliphatic rings. The van der Waals surface area contributed by atoms with Crippen molar-refractivity contribution in [2.45, 2.75) is 25.0 Å². The van der Waals surface area contributed by atoms with Gasteiger partial charge < -0.3 is 10.8 Å². The summed E-state index contributed by atoms with van der Waals surface area (Å²) in [5.74, 6) is -0.927. The summed E-state index contributed by atoms with van der Waals surface area (Å²) in [7, 11) is 2.50. The van der Waals surface area contributed by atoms with Gasteiger partial charge >= 0.3 is 5.97 Å². The molecule has 0 aliphatic heterocycles. The van der Waals surface area contributed by atoms with Crippen molar-refractivity contribution < 1.29 is 9.90 Å². The summed E-state index contributed by atoms with van der Waals surface area (Å²) in [5, 5.41) is 8.30. The van der Waals surface area contributed by atoms with Crippen molar-refractivity contribution in [2.24, 2.45) is 5.73 Å². The van der Waals surface area contributed by atoms with Gasteiger partial charge in [0.15, 0.2) is 0 Å². The lowest BCUT2D eigenvalue weighted by Gasteiger charge is -2.07.